The molecule has 8 heteroatoms. The number of piperidine rings is 1. The highest BCUT2D eigenvalue weighted by molar-refractivity contribution is 5.74. The SMILES string of the molecule is Cc1noc(C2CCCCN2C(=O)NCc2cn3cccc(C)c3n2)n1. The number of urea groups is 1. The molecule has 3 aromatic heterocycles. The lowest BCUT2D eigenvalue weighted by Crippen LogP contribution is -2.44. The van der Waals surface area contributed by atoms with E-state index in [1.165, 1.54) is 0 Å². The van der Waals surface area contributed by atoms with Gasteiger partial charge in [-0.2, -0.15) is 4.98 Å². The predicted molar refractivity (Wildman–Crippen MR) is 94.5 cm³/mol. The summed E-state index contributed by atoms with van der Waals surface area (Å²) >= 11 is 0. The zero-order valence-electron chi connectivity index (χ0n) is 15.0. The van der Waals surface area contributed by atoms with Crippen molar-refractivity contribution in [3.63, 3.8) is 0 Å². The number of amides is 2. The van der Waals surface area contributed by atoms with Crippen LogP contribution < -0.4 is 5.32 Å². The van der Waals surface area contributed by atoms with Gasteiger partial charge in [-0.05, 0) is 44.7 Å². The third kappa shape index (κ3) is 3.14. The van der Waals surface area contributed by atoms with Crippen LogP contribution >= 0.6 is 0 Å². The van der Waals surface area contributed by atoms with Crippen molar-refractivity contribution in [3.8, 4) is 0 Å². The first-order chi connectivity index (χ1) is 12.6. The van der Waals surface area contributed by atoms with E-state index in [9.17, 15) is 4.79 Å². The van der Waals surface area contributed by atoms with Crippen molar-refractivity contribution in [2.24, 2.45) is 0 Å². The first-order valence-corrected chi connectivity index (χ1v) is 8.89. The van der Waals surface area contributed by atoms with E-state index in [1.807, 2.05) is 35.9 Å². The maximum absolute atomic E-state index is 12.7. The van der Waals surface area contributed by atoms with Gasteiger partial charge in [0.05, 0.1) is 12.2 Å². The van der Waals surface area contributed by atoms with Crippen LogP contribution in [0.2, 0.25) is 0 Å². The van der Waals surface area contributed by atoms with Crippen LogP contribution in [0.25, 0.3) is 5.65 Å². The zero-order valence-corrected chi connectivity index (χ0v) is 15.0. The predicted octanol–water partition coefficient (Wildman–Crippen LogP) is 2.77. The van der Waals surface area contributed by atoms with Gasteiger partial charge in [-0.15, -0.1) is 0 Å². The van der Waals surface area contributed by atoms with Crippen LogP contribution in [0.5, 0.6) is 0 Å². The number of rotatable bonds is 3. The number of likely N-dealkylation sites (tertiary alicyclic amines) is 1. The van der Waals surface area contributed by atoms with Crippen LogP contribution in [-0.4, -0.2) is 37.0 Å². The number of hydrogen-bond acceptors (Lipinski definition) is 5. The van der Waals surface area contributed by atoms with Crippen LogP contribution in [0.1, 0.15) is 48.3 Å². The Labute approximate surface area is 151 Å². The van der Waals surface area contributed by atoms with Gasteiger partial charge in [-0.1, -0.05) is 11.2 Å². The van der Waals surface area contributed by atoms with E-state index >= 15 is 0 Å². The van der Waals surface area contributed by atoms with E-state index in [2.05, 4.69) is 20.4 Å². The van der Waals surface area contributed by atoms with Crippen molar-refractivity contribution in [1.82, 2.24) is 29.7 Å². The molecule has 1 unspecified atom stereocenters. The summed E-state index contributed by atoms with van der Waals surface area (Å²) < 4.78 is 7.28. The van der Waals surface area contributed by atoms with E-state index in [4.69, 9.17) is 4.52 Å². The van der Waals surface area contributed by atoms with Gasteiger partial charge in [0, 0.05) is 18.9 Å². The molecule has 26 heavy (non-hydrogen) atoms. The lowest BCUT2D eigenvalue weighted by atomic mass is 10.0. The monoisotopic (exact) mass is 354 g/mol. The van der Waals surface area contributed by atoms with E-state index in [1.54, 1.807) is 11.8 Å². The minimum Gasteiger partial charge on any atom is -0.337 e. The van der Waals surface area contributed by atoms with Crippen molar-refractivity contribution in [1.29, 1.82) is 0 Å². The first kappa shape index (κ1) is 16.6. The van der Waals surface area contributed by atoms with Gasteiger partial charge in [-0.25, -0.2) is 9.78 Å². The second-order valence-corrected chi connectivity index (χ2v) is 6.70. The Bertz CT molecular complexity index is 931. The van der Waals surface area contributed by atoms with E-state index < -0.39 is 0 Å². The highest BCUT2D eigenvalue weighted by Crippen LogP contribution is 2.29. The molecule has 8 nitrogen and oxygen atoms in total. The highest BCUT2D eigenvalue weighted by Gasteiger charge is 2.31. The molecule has 0 saturated carbocycles. The topological polar surface area (TPSA) is 88.6 Å². The Morgan fingerprint density at radius 1 is 1.35 bits per heavy atom. The molecule has 0 aliphatic carbocycles. The van der Waals surface area contributed by atoms with Gasteiger partial charge >= 0.3 is 6.03 Å². The Hall–Kier alpha value is -2.90. The summed E-state index contributed by atoms with van der Waals surface area (Å²) in [5.74, 6) is 1.10. The largest absolute Gasteiger partial charge is 0.337 e. The van der Waals surface area contributed by atoms with Crippen LogP contribution in [0.15, 0.2) is 29.0 Å². The molecular weight excluding hydrogens is 332 g/mol. The van der Waals surface area contributed by atoms with Gasteiger partial charge in [0.2, 0.25) is 5.89 Å². The number of aryl methyl sites for hydroxylation is 2. The van der Waals surface area contributed by atoms with Crippen LogP contribution in [0, 0.1) is 13.8 Å². The summed E-state index contributed by atoms with van der Waals surface area (Å²) in [4.78, 5) is 23.4. The first-order valence-electron chi connectivity index (χ1n) is 8.89. The Balaban J connectivity index is 1.46. The van der Waals surface area contributed by atoms with Crippen molar-refractivity contribution >= 4 is 11.7 Å². The number of carbonyl (C=O) groups is 1. The molecule has 0 aromatic carbocycles. The molecule has 0 spiro atoms. The molecule has 3 aromatic rings. The number of fused-ring (bicyclic) bond motifs is 1. The fourth-order valence-corrected chi connectivity index (χ4v) is 3.44. The number of aromatic nitrogens is 4. The molecule has 1 fully saturated rings. The van der Waals surface area contributed by atoms with Crippen molar-refractivity contribution in [3.05, 3.63) is 47.5 Å². The smallest absolute Gasteiger partial charge is 0.318 e. The molecule has 4 rings (SSSR count). The second kappa shape index (κ2) is 6.78. The van der Waals surface area contributed by atoms with Crippen LogP contribution in [0.4, 0.5) is 4.79 Å². The van der Waals surface area contributed by atoms with Crippen molar-refractivity contribution < 1.29 is 9.32 Å². The lowest BCUT2D eigenvalue weighted by molar-refractivity contribution is 0.131. The average molecular weight is 354 g/mol. The zero-order chi connectivity index (χ0) is 18.1. The van der Waals surface area contributed by atoms with Gasteiger partial charge in [0.25, 0.3) is 0 Å². The van der Waals surface area contributed by atoms with Crippen LogP contribution in [0.3, 0.4) is 0 Å². The number of nitrogens with one attached hydrogen (secondary N) is 1. The molecule has 1 saturated heterocycles. The Morgan fingerprint density at radius 3 is 3.00 bits per heavy atom. The lowest BCUT2D eigenvalue weighted by Gasteiger charge is -2.33. The van der Waals surface area contributed by atoms with Gasteiger partial charge in [-0.3, -0.25) is 0 Å². The Morgan fingerprint density at radius 2 is 2.23 bits per heavy atom. The third-order valence-electron chi connectivity index (χ3n) is 4.74. The number of nitrogens with zero attached hydrogens (tertiary/aromatic N) is 5. The molecule has 0 bridgehead atoms. The molecule has 4 heterocycles. The standard InChI is InChI=1S/C18H22N6O2/c1-12-6-5-8-23-11-14(21-16(12)23)10-19-18(25)24-9-4-3-7-15(24)17-20-13(2)22-26-17/h5-6,8,11,15H,3-4,7,9-10H2,1-2H3,(H,19,25). The van der Waals surface area contributed by atoms with E-state index in [0.29, 0.717) is 24.8 Å². The van der Waals surface area contributed by atoms with Gasteiger partial charge in [0.15, 0.2) is 5.82 Å². The molecule has 1 N–H and O–H groups in total. The summed E-state index contributed by atoms with van der Waals surface area (Å²) in [5, 5.41) is 6.83. The third-order valence-corrected chi connectivity index (χ3v) is 4.74. The highest BCUT2D eigenvalue weighted by atomic mass is 16.5. The van der Waals surface area contributed by atoms with Gasteiger partial charge in [0.1, 0.15) is 11.7 Å². The van der Waals surface area contributed by atoms with E-state index in [-0.39, 0.29) is 12.1 Å². The summed E-state index contributed by atoms with van der Waals surface area (Å²) in [6.45, 7) is 4.87. The summed E-state index contributed by atoms with van der Waals surface area (Å²) in [6, 6.07) is 3.72. The fourth-order valence-electron chi connectivity index (χ4n) is 3.44. The molecule has 1 atom stereocenters. The summed E-state index contributed by atoms with van der Waals surface area (Å²) in [7, 11) is 0. The molecule has 1 aliphatic rings. The number of imidazole rings is 1. The van der Waals surface area contributed by atoms with Gasteiger partial charge < -0.3 is 19.1 Å². The number of hydrogen-bond donors (Lipinski definition) is 1. The molecular formula is C18H22N6O2. The van der Waals surface area contributed by atoms with E-state index in [0.717, 1.165) is 36.2 Å². The van der Waals surface area contributed by atoms with Crippen LogP contribution in [-0.2, 0) is 6.54 Å². The number of pyridine rings is 1. The molecule has 1 aliphatic heterocycles. The maximum atomic E-state index is 12.7. The fraction of sp³-hybridized carbons (Fsp3) is 0.444. The average Bonchev–Trinajstić information content (AvgIpc) is 3.26. The molecule has 2 amide bonds. The minimum atomic E-state index is -0.159. The summed E-state index contributed by atoms with van der Waals surface area (Å²) in [5.41, 5.74) is 2.84. The minimum absolute atomic E-state index is 0.126. The molecule has 136 valence electrons. The van der Waals surface area contributed by atoms with Crippen molar-refractivity contribution in [2.45, 2.75) is 45.7 Å². The second-order valence-electron chi connectivity index (χ2n) is 6.70. The summed E-state index contributed by atoms with van der Waals surface area (Å²) in [6.07, 6.45) is 6.76. The molecule has 0 radical (unpaired) electrons. The van der Waals surface area contributed by atoms with Crippen molar-refractivity contribution in [2.75, 3.05) is 6.54 Å². The maximum Gasteiger partial charge on any atom is 0.318 e. The normalized spacial score (nSPS) is 17.6. The quantitative estimate of drug-likeness (QED) is 0.781. The Kier molecular flexibility index (Phi) is 4.32. The number of carbonyl (C=O) groups excluding carboxylic acids is 1.